The maximum absolute atomic E-state index is 13.5. The third-order valence-corrected chi connectivity index (χ3v) is 6.53. The molecule has 4 aromatic heterocycles. The third-order valence-electron chi connectivity index (χ3n) is 6.53. The quantitative estimate of drug-likeness (QED) is 0.477. The number of aryl methyl sites for hydroxylation is 1. The Morgan fingerprint density at radius 3 is 2.73 bits per heavy atom. The zero-order valence-corrected chi connectivity index (χ0v) is 18.4. The molecular weight excluding hydrogens is 420 g/mol. The van der Waals surface area contributed by atoms with Gasteiger partial charge in [0, 0.05) is 56.6 Å². The normalized spacial score (nSPS) is 17.2. The van der Waals surface area contributed by atoms with E-state index in [1.165, 1.54) is 4.40 Å². The standard InChI is InChI=1S/C24H24N6O3/c1-15-22-18(13-19(16-5-6-16)26-23(22)33-27-15)24(32)29-10-8-28(9-11-29)14-17-12-21(31)30-7-3-2-4-20(30)25-17/h2-4,7,12-13,16H,5-6,8-11,14H2,1H3. The lowest BCUT2D eigenvalue weighted by atomic mass is 10.1. The molecule has 2 aliphatic rings. The van der Waals surface area contributed by atoms with Crippen molar-refractivity contribution in [2.75, 3.05) is 26.2 Å². The number of rotatable bonds is 4. The lowest BCUT2D eigenvalue weighted by Crippen LogP contribution is -2.48. The molecule has 0 unspecified atom stereocenters. The van der Waals surface area contributed by atoms with E-state index in [4.69, 9.17) is 4.52 Å². The molecule has 9 heteroatoms. The Morgan fingerprint density at radius 2 is 1.94 bits per heavy atom. The van der Waals surface area contributed by atoms with Crippen molar-refractivity contribution in [1.82, 2.24) is 29.3 Å². The van der Waals surface area contributed by atoms with Gasteiger partial charge in [-0.15, -0.1) is 0 Å². The summed E-state index contributed by atoms with van der Waals surface area (Å²) in [5, 5.41) is 4.76. The Labute approximate surface area is 189 Å². The molecule has 0 N–H and O–H groups in total. The zero-order chi connectivity index (χ0) is 22.5. The van der Waals surface area contributed by atoms with Gasteiger partial charge in [-0.1, -0.05) is 11.2 Å². The van der Waals surface area contributed by atoms with Crippen molar-refractivity contribution in [2.45, 2.75) is 32.2 Å². The number of fused-ring (bicyclic) bond motifs is 2. The van der Waals surface area contributed by atoms with Gasteiger partial charge in [0.2, 0.25) is 0 Å². The second kappa shape index (κ2) is 7.77. The van der Waals surface area contributed by atoms with Crippen LogP contribution in [0.15, 0.2) is 45.8 Å². The molecule has 1 aliphatic carbocycles. The molecule has 6 rings (SSSR count). The van der Waals surface area contributed by atoms with Crippen LogP contribution in [0.25, 0.3) is 16.7 Å². The number of amides is 1. The molecule has 1 saturated carbocycles. The van der Waals surface area contributed by atoms with Crippen LogP contribution in [0, 0.1) is 6.92 Å². The van der Waals surface area contributed by atoms with Crippen molar-refractivity contribution >= 4 is 22.7 Å². The highest BCUT2D eigenvalue weighted by Crippen LogP contribution is 2.40. The number of carbonyl (C=O) groups excluding carboxylic acids is 1. The van der Waals surface area contributed by atoms with E-state index in [0.29, 0.717) is 66.6 Å². The summed E-state index contributed by atoms with van der Waals surface area (Å²) in [5.41, 5.74) is 4.01. The van der Waals surface area contributed by atoms with E-state index in [-0.39, 0.29) is 11.5 Å². The molecular formula is C24H24N6O3. The molecule has 1 aliphatic heterocycles. The molecule has 4 aromatic rings. The molecule has 168 valence electrons. The van der Waals surface area contributed by atoms with Crippen LogP contribution in [0.1, 0.15) is 46.2 Å². The van der Waals surface area contributed by atoms with Gasteiger partial charge in [-0.05, 0) is 38.0 Å². The maximum atomic E-state index is 13.5. The molecule has 0 aromatic carbocycles. The van der Waals surface area contributed by atoms with Crippen molar-refractivity contribution in [1.29, 1.82) is 0 Å². The molecule has 2 fully saturated rings. The molecule has 0 radical (unpaired) electrons. The highest BCUT2D eigenvalue weighted by atomic mass is 16.5. The van der Waals surface area contributed by atoms with E-state index in [1.807, 2.05) is 36.1 Å². The fourth-order valence-electron chi connectivity index (χ4n) is 4.56. The van der Waals surface area contributed by atoms with Crippen LogP contribution in [0.3, 0.4) is 0 Å². The average molecular weight is 444 g/mol. The summed E-state index contributed by atoms with van der Waals surface area (Å²) in [7, 11) is 0. The fourth-order valence-corrected chi connectivity index (χ4v) is 4.56. The molecule has 5 heterocycles. The van der Waals surface area contributed by atoms with Gasteiger partial charge in [-0.2, -0.15) is 0 Å². The molecule has 1 amide bonds. The largest absolute Gasteiger partial charge is 0.336 e. The number of hydrogen-bond acceptors (Lipinski definition) is 7. The summed E-state index contributed by atoms with van der Waals surface area (Å²) in [6.07, 6.45) is 3.93. The Hall–Kier alpha value is -3.59. The molecule has 0 spiro atoms. The summed E-state index contributed by atoms with van der Waals surface area (Å²) in [6, 6.07) is 9.05. The minimum Gasteiger partial charge on any atom is -0.336 e. The van der Waals surface area contributed by atoms with E-state index in [0.717, 1.165) is 24.2 Å². The van der Waals surface area contributed by atoms with E-state index < -0.39 is 0 Å². The topological polar surface area (TPSA) is 96.8 Å². The summed E-state index contributed by atoms with van der Waals surface area (Å²) in [5.74, 6) is 0.416. The van der Waals surface area contributed by atoms with Crippen LogP contribution in [0.5, 0.6) is 0 Å². The molecule has 0 atom stereocenters. The SMILES string of the molecule is Cc1noc2nc(C3CC3)cc(C(=O)N3CCN(Cc4cc(=O)n5ccccc5n4)CC3)c12. The highest BCUT2D eigenvalue weighted by Gasteiger charge is 2.31. The highest BCUT2D eigenvalue weighted by molar-refractivity contribution is 6.06. The number of piperazine rings is 1. The van der Waals surface area contributed by atoms with Gasteiger partial charge in [0.05, 0.1) is 22.3 Å². The van der Waals surface area contributed by atoms with Crippen molar-refractivity contribution in [3.63, 3.8) is 0 Å². The van der Waals surface area contributed by atoms with E-state index in [1.54, 1.807) is 12.3 Å². The Kier molecular flexibility index (Phi) is 4.72. The van der Waals surface area contributed by atoms with Crippen molar-refractivity contribution in [3.05, 3.63) is 69.5 Å². The second-order valence-electron chi connectivity index (χ2n) is 8.90. The first kappa shape index (κ1) is 20.0. The first-order valence-electron chi connectivity index (χ1n) is 11.3. The van der Waals surface area contributed by atoms with E-state index >= 15 is 0 Å². The predicted molar refractivity (Wildman–Crippen MR) is 121 cm³/mol. The summed E-state index contributed by atoms with van der Waals surface area (Å²) >= 11 is 0. The Balaban J connectivity index is 1.19. The van der Waals surface area contributed by atoms with Gasteiger partial charge < -0.3 is 9.42 Å². The van der Waals surface area contributed by atoms with Crippen LogP contribution in [0.4, 0.5) is 0 Å². The van der Waals surface area contributed by atoms with Gasteiger partial charge in [0.25, 0.3) is 17.2 Å². The third kappa shape index (κ3) is 3.68. The molecule has 33 heavy (non-hydrogen) atoms. The number of pyridine rings is 2. The molecule has 0 bridgehead atoms. The first-order chi connectivity index (χ1) is 16.1. The summed E-state index contributed by atoms with van der Waals surface area (Å²) < 4.78 is 6.93. The van der Waals surface area contributed by atoms with E-state index in [9.17, 15) is 9.59 Å². The number of aromatic nitrogens is 4. The lowest BCUT2D eigenvalue weighted by molar-refractivity contribution is 0.0628. The number of nitrogens with zero attached hydrogens (tertiary/aromatic N) is 6. The Bertz CT molecular complexity index is 1430. The maximum Gasteiger partial charge on any atom is 0.259 e. The van der Waals surface area contributed by atoms with Crippen LogP contribution in [0.2, 0.25) is 0 Å². The van der Waals surface area contributed by atoms with Crippen LogP contribution in [-0.2, 0) is 6.54 Å². The molecule has 1 saturated heterocycles. The number of hydrogen-bond donors (Lipinski definition) is 0. The summed E-state index contributed by atoms with van der Waals surface area (Å²) in [4.78, 5) is 39.2. The van der Waals surface area contributed by atoms with Gasteiger partial charge >= 0.3 is 0 Å². The summed E-state index contributed by atoms with van der Waals surface area (Å²) in [6.45, 7) is 5.08. The van der Waals surface area contributed by atoms with Crippen LogP contribution >= 0.6 is 0 Å². The van der Waals surface area contributed by atoms with Gasteiger partial charge in [-0.3, -0.25) is 18.9 Å². The zero-order valence-electron chi connectivity index (χ0n) is 18.4. The second-order valence-corrected chi connectivity index (χ2v) is 8.90. The lowest BCUT2D eigenvalue weighted by Gasteiger charge is -2.34. The number of carbonyl (C=O) groups is 1. The molecule has 9 nitrogen and oxygen atoms in total. The minimum atomic E-state index is -0.0818. The van der Waals surface area contributed by atoms with Crippen molar-refractivity contribution < 1.29 is 9.32 Å². The van der Waals surface area contributed by atoms with E-state index in [2.05, 4.69) is 20.0 Å². The van der Waals surface area contributed by atoms with Gasteiger partial charge in [-0.25, -0.2) is 9.97 Å². The monoisotopic (exact) mass is 444 g/mol. The first-order valence-corrected chi connectivity index (χ1v) is 11.3. The average Bonchev–Trinajstić information content (AvgIpc) is 3.62. The minimum absolute atomic E-state index is 0.00248. The van der Waals surface area contributed by atoms with Crippen molar-refractivity contribution in [3.8, 4) is 0 Å². The van der Waals surface area contributed by atoms with Gasteiger partial charge in [0.15, 0.2) is 0 Å². The fraction of sp³-hybridized carbons (Fsp3) is 0.375. The Morgan fingerprint density at radius 1 is 1.12 bits per heavy atom. The smallest absolute Gasteiger partial charge is 0.259 e. The van der Waals surface area contributed by atoms with Crippen molar-refractivity contribution in [2.24, 2.45) is 0 Å². The predicted octanol–water partition coefficient (Wildman–Crippen LogP) is 2.37. The van der Waals surface area contributed by atoms with Gasteiger partial charge in [0.1, 0.15) is 5.65 Å². The van der Waals surface area contributed by atoms with Crippen LogP contribution in [-0.4, -0.2) is 61.4 Å². The van der Waals surface area contributed by atoms with Crippen LogP contribution < -0.4 is 5.56 Å².